The van der Waals surface area contributed by atoms with Crippen molar-refractivity contribution in [1.29, 1.82) is 0 Å². The molecule has 116 valence electrons. The maximum Gasteiger partial charge on any atom is 0.144 e. The van der Waals surface area contributed by atoms with Crippen molar-refractivity contribution in [2.24, 2.45) is 4.40 Å². The normalized spacial score (nSPS) is 13.5. The van der Waals surface area contributed by atoms with Gasteiger partial charge in [0, 0.05) is 18.2 Å². The summed E-state index contributed by atoms with van der Waals surface area (Å²) >= 11 is -1.24. The second-order valence-electron chi connectivity index (χ2n) is 5.91. The lowest BCUT2D eigenvalue weighted by Gasteiger charge is -2.17. The zero-order chi connectivity index (χ0) is 16.2. The summed E-state index contributed by atoms with van der Waals surface area (Å²) in [4.78, 5) is 4.29. The minimum Gasteiger partial charge on any atom is -0.591 e. The zero-order valence-corrected chi connectivity index (χ0v) is 13.7. The minimum atomic E-state index is -1.24. The summed E-state index contributed by atoms with van der Waals surface area (Å²) in [6.07, 6.45) is 3.96. The van der Waals surface area contributed by atoms with E-state index in [0.29, 0.717) is 6.42 Å². The van der Waals surface area contributed by atoms with Crippen molar-refractivity contribution in [1.82, 2.24) is 4.98 Å². The third-order valence-electron chi connectivity index (χ3n) is 2.99. The molecule has 0 saturated carbocycles. The van der Waals surface area contributed by atoms with Crippen LogP contribution in [0.2, 0.25) is 0 Å². The number of aromatic nitrogens is 1. The van der Waals surface area contributed by atoms with Crippen LogP contribution in [-0.4, -0.2) is 20.5 Å². The third-order valence-corrected chi connectivity index (χ3v) is 4.37. The molecule has 0 unspecified atom stereocenters. The van der Waals surface area contributed by atoms with Gasteiger partial charge in [0.1, 0.15) is 21.9 Å². The van der Waals surface area contributed by atoms with E-state index in [1.165, 1.54) is 12.1 Å². The van der Waals surface area contributed by atoms with Gasteiger partial charge in [0.25, 0.3) is 0 Å². The summed E-state index contributed by atoms with van der Waals surface area (Å²) in [7, 11) is 0. The van der Waals surface area contributed by atoms with Crippen LogP contribution in [0.5, 0.6) is 0 Å². The fraction of sp³-hybridized carbons (Fsp3) is 0.294. The molecule has 0 fully saturated rings. The molecule has 2 aromatic rings. The van der Waals surface area contributed by atoms with E-state index in [9.17, 15) is 8.94 Å². The number of benzene rings is 1. The fourth-order valence-electron chi connectivity index (χ4n) is 1.75. The number of hydrogen-bond donors (Lipinski definition) is 0. The second-order valence-corrected chi connectivity index (χ2v) is 7.84. The van der Waals surface area contributed by atoms with Gasteiger partial charge in [0.05, 0.1) is 11.9 Å². The number of halogens is 1. The van der Waals surface area contributed by atoms with Crippen LogP contribution in [0.3, 0.4) is 0 Å². The highest BCUT2D eigenvalue weighted by Gasteiger charge is 2.25. The topological polar surface area (TPSA) is 48.3 Å². The van der Waals surface area contributed by atoms with Gasteiger partial charge in [-0.3, -0.25) is 4.98 Å². The highest BCUT2D eigenvalue weighted by Crippen LogP contribution is 2.19. The fourth-order valence-corrected chi connectivity index (χ4v) is 2.27. The molecular weight excluding hydrogens is 299 g/mol. The molecule has 0 saturated heterocycles. The Morgan fingerprint density at radius 1 is 1.23 bits per heavy atom. The van der Waals surface area contributed by atoms with Gasteiger partial charge < -0.3 is 4.55 Å². The molecule has 5 heteroatoms. The van der Waals surface area contributed by atoms with Crippen molar-refractivity contribution in [3.05, 3.63) is 54.0 Å². The average molecular weight is 318 g/mol. The lowest BCUT2D eigenvalue weighted by Crippen LogP contribution is -2.25. The van der Waals surface area contributed by atoms with E-state index >= 15 is 0 Å². The summed E-state index contributed by atoms with van der Waals surface area (Å²) in [6.45, 7) is 5.67. The second kappa shape index (κ2) is 7.03. The van der Waals surface area contributed by atoms with Crippen LogP contribution in [0.25, 0.3) is 11.3 Å². The molecule has 0 aliphatic carbocycles. The standard InChI is InChI=1S/C17H19FN2OS/c1-17(2,3)22(21)20-11-9-13-8-10-19-16(12-13)14-4-6-15(18)7-5-14/h4-8,10-12H,9H2,1-3H3/t22-/m1/s1. The monoisotopic (exact) mass is 318 g/mol. The third kappa shape index (κ3) is 4.64. The molecule has 2 rings (SSSR count). The molecular formula is C17H19FN2OS. The number of nitrogens with zero attached hydrogens (tertiary/aromatic N) is 2. The van der Waals surface area contributed by atoms with Gasteiger partial charge in [-0.2, -0.15) is 0 Å². The Morgan fingerprint density at radius 3 is 2.55 bits per heavy atom. The quantitative estimate of drug-likeness (QED) is 0.633. The van der Waals surface area contributed by atoms with Crippen molar-refractivity contribution in [3.8, 4) is 11.3 Å². The van der Waals surface area contributed by atoms with E-state index in [2.05, 4.69) is 9.38 Å². The molecule has 1 aromatic carbocycles. The summed E-state index contributed by atoms with van der Waals surface area (Å²) in [5, 5.41) is 0. The first-order valence-electron chi connectivity index (χ1n) is 7.01. The first-order chi connectivity index (χ1) is 10.4. The Morgan fingerprint density at radius 2 is 1.91 bits per heavy atom. The largest absolute Gasteiger partial charge is 0.591 e. The first kappa shape index (κ1) is 16.6. The lowest BCUT2D eigenvalue weighted by molar-refractivity contribution is 0.561. The Kier molecular flexibility index (Phi) is 5.32. The van der Waals surface area contributed by atoms with Gasteiger partial charge in [-0.15, -0.1) is 0 Å². The highest BCUT2D eigenvalue weighted by atomic mass is 32.2. The van der Waals surface area contributed by atoms with Gasteiger partial charge in [-0.25, -0.2) is 4.39 Å². The van der Waals surface area contributed by atoms with E-state index in [1.54, 1.807) is 24.5 Å². The van der Waals surface area contributed by atoms with E-state index < -0.39 is 11.4 Å². The molecule has 0 amide bonds. The van der Waals surface area contributed by atoms with Gasteiger partial charge in [0.2, 0.25) is 0 Å². The number of rotatable bonds is 4. The van der Waals surface area contributed by atoms with Crippen molar-refractivity contribution < 1.29 is 8.94 Å². The van der Waals surface area contributed by atoms with Crippen molar-refractivity contribution in [2.45, 2.75) is 31.9 Å². The SMILES string of the molecule is CC(C)(C)[S@@+]([O-])N=CCc1ccnc(-c2ccc(F)cc2)c1. The van der Waals surface area contributed by atoms with Crippen LogP contribution < -0.4 is 0 Å². The zero-order valence-electron chi connectivity index (χ0n) is 12.9. The molecule has 0 N–H and O–H groups in total. The Bertz CT molecular complexity index is 650. The highest BCUT2D eigenvalue weighted by molar-refractivity contribution is 7.91. The summed E-state index contributed by atoms with van der Waals surface area (Å²) < 4.78 is 28.5. The Labute approximate surface area is 133 Å². The van der Waals surface area contributed by atoms with Crippen LogP contribution in [0.4, 0.5) is 4.39 Å². The van der Waals surface area contributed by atoms with Crippen LogP contribution in [0.1, 0.15) is 26.3 Å². The van der Waals surface area contributed by atoms with Gasteiger partial charge in [-0.05, 0) is 62.7 Å². The predicted octanol–water partition coefficient (Wildman–Crippen LogP) is 3.96. The molecule has 0 spiro atoms. The molecule has 22 heavy (non-hydrogen) atoms. The minimum absolute atomic E-state index is 0.267. The molecule has 3 nitrogen and oxygen atoms in total. The molecule has 0 aliphatic rings. The molecule has 1 aromatic heterocycles. The molecule has 0 radical (unpaired) electrons. The molecule has 1 heterocycles. The molecule has 0 bridgehead atoms. The van der Waals surface area contributed by atoms with Crippen LogP contribution in [0, 0.1) is 5.82 Å². The summed E-state index contributed by atoms with van der Waals surface area (Å²) in [5.41, 5.74) is 2.66. The first-order valence-corrected chi connectivity index (χ1v) is 8.12. The predicted molar refractivity (Wildman–Crippen MR) is 89.7 cm³/mol. The Hall–Kier alpha value is -1.72. The Balaban J connectivity index is 2.09. The van der Waals surface area contributed by atoms with Crippen molar-refractivity contribution in [2.75, 3.05) is 0 Å². The van der Waals surface area contributed by atoms with Gasteiger partial charge >= 0.3 is 0 Å². The summed E-state index contributed by atoms with van der Waals surface area (Å²) in [6, 6.07) is 10.0. The number of pyridine rings is 1. The maximum absolute atomic E-state index is 13.0. The van der Waals surface area contributed by atoms with E-state index in [1.807, 2.05) is 32.9 Å². The maximum atomic E-state index is 13.0. The van der Waals surface area contributed by atoms with Crippen LogP contribution >= 0.6 is 0 Å². The lowest BCUT2D eigenvalue weighted by atomic mass is 10.1. The van der Waals surface area contributed by atoms with E-state index in [-0.39, 0.29) is 10.6 Å². The van der Waals surface area contributed by atoms with E-state index in [4.69, 9.17) is 0 Å². The average Bonchev–Trinajstić information content (AvgIpc) is 2.47. The smallest absolute Gasteiger partial charge is 0.144 e. The van der Waals surface area contributed by atoms with Crippen molar-refractivity contribution in [3.63, 3.8) is 0 Å². The summed E-state index contributed by atoms with van der Waals surface area (Å²) in [5.74, 6) is -0.267. The van der Waals surface area contributed by atoms with Crippen LogP contribution in [0.15, 0.2) is 47.0 Å². The van der Waals surface area contributed by atoms with Crippen LogP contribution in [-0.2, 0) is 17.8 Å². The van der Waals surface area contributed by atoms with Gasteiger partial charge in [-0.1, -0.05) is 4.40 Å². The van der Waals surface area contributed by atoms with Crippen molar-refractivity contribution >= 4 is 17.6 Å². The molecule has 1 atom stereocenters. The molecule has 0 aliphatic heterocycles. The number of hydrogen-bond acceptors (Lipinski definition) is 3. The van der Waals surface area contributed by atoms with E-state index in [0.717, 1.165) is 16.8 Å². The van der Waals surface area contributed by atoms with Gasteiger partial charge in [0.15, 0.2) is 0 Å².